The summed E-state index contributed by atoms with van der Waals surface area (Å²) in [6.07, 6.45) is 4.20. The molecule has 0 saturated carbocycles. The summed E-state index contributed by atoms with van der Waals surface area (Å²) < 4.78 is 4.84. The molecule has 2 rings (SSSR count). The second kappa shape index (κ2) is 4.65. The van der Waals surface area contributed by atoms with E-state index in [9.17, 15) is 4.79 Å². The third kappa shape index (κ3) is 2.31. The number of carbonyl (C=O) groups excluding carboxylic acids is 1. The van der Waals surface area contributed by atoms with Crippen LogP contribution in [0, 0.1) is 0 Å². The highest BCUT2D eigenvalue weighted by Gasteiger charge is 2.11. The van der Waals surface area contributed by atoms with Crippen molar-refractivity contribution in [3.8, 4) is 0 Å². The molecule has 2 aromatic rings. The quantitative estimate of drug-likeness (QED) is 0.765. The van der Waals surface area contributed by atoms with Crippen molar-refractivity contribution in [1.82, 2.24) is 15.0 Å². The zero-order valence-corrected chi connectivity index (χ0v) is 8.99. The van der Waals surface area contributed by atoms with Gasteiger partial charge in [-0.1, -0.05) is 0 Å². The van der Waals surface area contributed by atoms with Crippen LogP contribution in [0.25, 0.3) is 0 Å². The highest BCUT2D eigenvalue weighted by molar-refractivity contribution is 5.85. The van der Waals surface area contributed by atoms with Crippen molar-refractivity contribution < 1.29 is 9.53 Å². The van der Waals surface area contributed by atoms with Crippen molar-refractivity contribution in [3.05, 3.63) is 41.7 Å². The molecule has 0 aliphatic heterocycles. The van der Waals surface area contributed by atoms with Crippen molar-refractivity contribution in [2.24, 2.45) is 0 Å². The van der Waals surface area contributed by atoms with Crippen LogP contribution in [0.4, 0.5) is 0 Å². The molecule has 2 heterocycles. The lowest BCUT2D eigenvalue weighted by Crippen LogP contribution is -2.06. The summed E-state index contributed by atoms with van der Waals surface area (Å²) in [4.78, 5) is 21.3. The van der Waals surface area contributed by atoms with Gasteiger partial charge in [-0.15, -0.1) is 0 Å². The number of carbonyl (C=O) groups is 1. The minimum atomic E-state index is -0.416. The number of aromatic nitrogens is 3. The Morgan fingerprint density at radius 3 is 3.06 bits per heavy atom. The molecule has 0 spiro atoms. The number of ether oxygens (including phenoxy) is 1. The maximum Gasteiger partial charge on any atom is 0.374 e. The van der Waals surface area contributed by atoms with Gasteiger partial charge in [0.2, 0.25) is 5.82 Å². The predicted molar refractivity (Wildman–Crippen MR) is 58.1 cm³/mol. The molecule has 0 aromatic carbocycles. The number of nitrogens with zero attached hydrogens (tertiary/aromatic N) is 1. The molecular formula is C11H13N3O2. The van der Waals surface area contributed by atoms with Gasteiger partial charge >= 0.3 is 5.97 Å². The van der Waals surface area contributed by atoms with Gasteiger partial charge in [-0.25, -0.2) is 9.78 Å². The zero-order valence-electron chi connectivity index (χ0n) is 8.99. The van der Waals surface area contributed by atoms with Gasteiger partial charge in [-0.2, -0.15) is 0 Å². The summed E-state index contributed by atoms with van der Waals surface area (Å²) in [5.41, 5.74) is 1.95. The third-order valence-corrected chi connectivity index (χ3v) is 2.14. The summed E-state index contributed by atoms with van der Waals surface area (Å²) in [5, 5.41) is 0. The number of nitrogens with one attached hydrogen (secondary N) is 2. The molecule has 0 amide bonds. The third-order valence-electron chi connectivity index (χ3n) is 2.14. The Morgan fingerprint density at radius 1 is 1.50 bits per heavy atom. The van der Waals surface area contributed by atoms with Crippen molar-refractivity contribution in [1.29, 1.82) is 0 Å². The summed E-state index contributed by atoms with van der Waals surface area (Å²) in [6, 6.07) is 3.91. The van der Waals surface area contributed by atoms with E-state index in [1.807, 2.05) is 18.3 Å². The largest absolute Gasteiger partial charge is 0.460 e. The van der Waals surface area contributed by atoms with Crippen molar-refractivity contribution in [2.75, 3.05) is 6.61 Å². The molecule has 5 nitrogen and oxygen atoms in total. The molecule has 0 bridgehead atoms. The van der Waals surface area contributed by atoms with E-state index >= 15 is 0 Å². The molecule has 0 aliphatic carbocycles. The van der Waals surface area contributed by atoms with Gasteiger partial charge in [0.25, 0.3) is 0 Å². The Bertz CT molecular complexity index is 459. The zero-order chi connectivity index (χ0) is 11.4. The first-order chi connectivity index (χ1) is 7.79. The topological polar surface area (TPSA) is 70.8 Å². The first-order valence-electron chi connectivity index (χ1n) is 5.13. The van der Waals surface area contributed by atoms with Gasteiger partial charge < -0.3 is 14.7 Å². The average molecular weight is 219 g/mol. The number of imidazole rings is 1. The van der Waals surface area contributed by atoms with Gasteiger partial charge in [-0.05, 0) is 19.1 Å². The van der Waals surface area contributed by atoms with Crippen LogP contribution in [0.5, 0.6) is 0 Å². The summed E-state index contributed by atoms with van der Waals surface area (Å²) >= 11 is 0. The van der Waals surface area contributed by atoms with E-state index in [-0.39, 0.29) is 5.82 Å². The molecule has 0 aliphatic rings. The Morgan fingerprint density at radius 2 is 2.38 bits per heavy atom. The summed E-state index contributed by atoms with van der Waals surface area (Å²) in [6.45, 7) is 2.12. The van der Waals surface area contributed by atoms with E-state index in [1.54, 1.807) is 13.1 Å². The van der Waals surface area contributed by atoms with Gasteiger partial charge in [0.05, 0.1) is 6.61 Å². The minimum Gasteiger partial charge on any atom is -0.460 e. The second-order valence-electron chi connectivity index (χ2n) is 3.35. The molecule has 16 heavy (non-hydrogen) atoms. The first-order valence-corrected chi connectivity index (χ1v) is 5.13. The van der Waals surface area contributed by atoms with E-state index in [2.05, 4.69) is 15.0 Å². The molecule has 0 fully saturated rings. The molecule has 2 N–H and O–H groups in total. The SMILES string of the molecule is CCOC(=O)c1ncc(Cc2ccc[nH]2)[nH]1. The van der Waals surface area contributed by atoms with Crippen LogP contribution in [0.15, 0.2) is 24.5 Å². The Hall–Kier alpha value is -2.04. The van der Waals surface area contributed by atoms with Crippen LogP contribution in [0.3, 0.4) is 0 Å². The fraction of sp³-hybridized carbons (Fsp3) is 0.273. The van der Waals surface area contributed by atoms with Crippen LogP contribution >= 0.6 is 0 Å². The van der Waals surface area contributed by atoms with Crippen LogP contribution in [0.1, 0.15) is 28.9 Å². The van der Waals surface area contributed by atoms with Crippen LogP contribution < -0.4 is 0 Å². The summed E-state index contributed by atoms with van der Waals surface area (Å²) in [5.74, 6) is -0.163. The van der Waals surface area contributed by atoms with Crippen LogP contribution in [-0.2, 0) is 11.2 Å². The number of hydrogen-bond acceptors (Lipinski definition) is 3. The van der Waals surface area contributed by atoms with Crippen LogP contribution in [-0.4, -0.2) is 27.5 Å². The lowest BCUT2D eigenvalue weighted by atomic mass is 10.2. The monoisotopic (exact) mass is 219 g/mol. The molecular weight excluding hydrogens is 206 g/mol. The van der Waals surface area contributed by atoms with E-state index in [4.69, 9.17) is 4.74 Å². The van der Waals surface area contributed by atoms with E-state index in [1.165, 1.54) is 0 Å². The van der Waals surface area contributed by atoms with E-state index in [0.717, 1.165) is 11.4 Å². The van der Waals surface area contributed by atoms with Gasteiger partial charge in [0.1, 0.15) is 0 Å². The van der Waals surface area contributed by atoms with E-state index in [0.29, 0.717) is 13.0 Å². The van der Waals surface area contributed by atoms with Gasteiger partial charge in [0.15, 0.2) is 0 Å². The maximum atomic E-state index is 11.3. The molecule has 0 radical (unpaired) electrons. The standard InChI is InChI=1S/C11H13N3O2/c1-2-16-11(15)10-13-7-9(14-10)6-8-4-3-5-12-8/h3-5,7,12H,2,6H2,1H3,(H,13,14). The normalized spacial score (nSPS) is 10.3. The highest BCUT2D eigenvalue weighted by Crippen LogP contribution is 2.05. The Labute approximate surface area is 92.9 Å². The minimum absolute atomic E-state index is 0.253. The number of aromatic amines is 2. The molecule has 84 valence electrons. The van der Waals surface area contributed by atoms with Crippen molar-refractivity contribution in [2.45, 2.75) is 13.3 Å². The first kappa shape index (κ1) is 10.5. The fourth-order valence-electron chi connectivity index (χ4n) is 1.43. The second-order valence-corrected chi connectivity index (χ2v) is 3.35. The smallest absolute Gasteiger partial charge is 0.374 e. The van der Waals surface area contributed by atoms with Crippen molar-refractivity contribution >= 4 is 5.97 Å². The van der Waals surface area contributed by atoms with Gasteiger partial charge in [-0.3, -0.25) is 0 Å². The fourth-order valence-corrected chi connectivity index (χ4v) is 1.43. The Balaban J connectivity index is 2.05. The van der Waals surface area contributed by atoms with Gasteiger partial charge in [0, 0.05) is 30.2 Å². The number of esters is 1. The summed E-state index contributed by atoms with van der Waals surface area (Å²) in [7, 11) is 0. The number of hydrogen-bond donors (Lipinski definition) is 2. The average Bonchev–Trinajstić information content (AvgIpc) is 2.90. The molecule has 0 saturated heterocycles. The molecule has 5 heteroatoms. The van der Waals surface area contributed by atoms with Crippen molar-refractivity contribution in [3.63, 3.8) is 0 Å². The lowest BCUT2D eigenvalue weighted by Gasteiger charge is -1.97. The number of H-pyrrole nitrogens is 2. The number of rotatable bonds is 4. The molecule has 0 unspecified atom stereocenters. The Kier molecular flexibility index (Phi) is 3.05. The van der Waals surface area contributed by atoms with E-state index < -0.39 is 5.97 Å². The molecule has 0 atom stereocenters. The predicted octanol–water partition coefficient (Wildman–Crippen LogP) is 1.51. The highest BCUT2D eigenvalue weighted by atomic mass is 16.5. The lowest BCUT2D eigenvalue weighted by molar-refractivity contribution is 0.0513. The van der Waals surface area contributed by atoms with Crippen LogP contribution in [0.2, 0.25) is 0 Å². The molecule has 2 aromatic heterocycles. The maximum absolute atomic E-state index is 11.3.